The lowest BCUT2D eigenvalue weighted by atomic mass is 10.0. The SMILES string of the molecule is COc1ccc(CNCCCC(C)(C)N)cc1OC. The van der Waals surface area contributed by atoms with Crippen LogP contribution in [0.25, 0.3) is 0 Å². The zero-order valence-electron chi connectivity index (χ0n) is 12.5. The molecule has 0 aliphatic heterocycles. The predicted octanol–water partition coefficient (Wildman–Crippen LogP) is 2.31. The van der Waals surface area contributed by atoms with Crippen molar-refractivity contribution in [3.63, 3.8) is 0 Å². The van der Waals surface area contributed by atoms with Crippen molar-refractivity contribution in [2.24, 2.45) is 5.73 Å². The van der Waals surface area contributed by atoms with Gasteiger partial charge < -0.3 is 20.5 Å². The van der Waals surface area contributed by atoms with Gasteiger partial charge in [-0.2, -0.15) is 0 Å². The smallest absolute Gasteiger partial charge is 0.161 e. The Balaban J connectivity index is 2.37. The molecule has 0 heterocycles. The maximum atomic E-state index is 5.94. The quantitative estimate of drug-likeness (QED) is 0.709. The van der Waals surface area contributed by atoms with Gasteiger partial charge in [0.05, 0.1) is 14.2 Å². The summed E-state index contributed by atoms with van der Waals surface area (Å²) < 4.78 is 10.5. The summed E-state index contributed by atoms with van der Waals surface area (Å²) in [6, 6.07) is 5.97. The summed E-state index contributed by atoms with van der Waals surface area (Å²) in [4.78, 5) is 0. The van der Waals surface area contributed by atoms with Crippen molar-refractivity contribution in [1.29, 1.82) is 0 Å². The van der Waals surface area contributed by atoms with Gasteiger partial charge in [0.25, 0.3) is 0 Å². The summed E-state index contributed by atoms with van der Waals surface area (Å²) in [5.41, 5.74) is 7.05. The van der Waals surface area contributed by atoms with E-state index in [1.165, 1.54) is 5.56 Å². The fourth-order valence-electron chi connectivity index (χ4n) is 1.89. The minimum atomic E-state index is -0.0784. The molecule has 0 radical (unpaired) electrons. The molecule has 1 aromatic rings. The second kappa shape index (κ2) is 7.36. The third-order valence-corrected chi connectivity index (χ3v) is 2.95. The van der Waals surface area contributed by atoms with Crippen LogP contribution in [0.3, 0.4) is 0 Å². The molecule has 4 nitrogen and oxygen atoms in total. The second-order valence-corrected chi connectivity index (χ2v) is 5.46. The standard InChI is InChI=1S/C15H26N2O2/c1-15(2,16)8-5-9-17-11-12-6-7-13(18-3)14(10-12)19-4/h6-7,10,17H,5,8-9,11,16H2,1-4H3. The molecule has 0 aromatic heterocycles. The Hall–Kier alpha value is -1.26. The van der Waals surface area contributed by atoms with Gasteiger partial charge in [-0.05, 0) is 50.9 Å². The van der Waals surface area contributed by atoms with Gasteiger partial charge in [0, 0.05) is 12.1 Å². The van der Waals surface area contributed by atoms with E-state index in [-0.39, 0.29) is 5.54 Å². The predicted molar refractivity (Wildman–Crippen MR) is 78.8 cm³/mol. The maximum absolute atomic E-state index is 5.94. The molecule has 0 aliphatic rings. The number of rotatable bonds is 8. The Labute approximate surface area is 116 Å². The van der Waals surface area contributed by atoms with Crippen LogP contribution in [0.4, 0.5) is 0 Å². The van der Waals surface area contributed by atoms with Crippen LogP contribution in [-0.4, -0.2) is 26.3 Å². The van der Waals surface area contributed by atoms with Gasteiger partial charge in [-0.15, -0.1) is 0 Å². The summed E-state index contributed by atoms with van der Waals surface area (Å²) in [5, 5.41) is 3.41. The molecule has 3 N–H and O–H groups in total. The zero-order chi connectivity index (χ0) is 14.3. The third-order valence-electron chi connectivity index (χ3n) is 2.95. The highest BCUT2D eigenvalue weighted by Gasteiger charge is 2.09. The molecule has 0 saturated heterocycles. The topological polar surface area (TPSA) is 56.5 Å². The Morgan fingerprint density at radius 2 is 1.84 bits per heavy atom. The van der Waals surface area contributed by atoms with Gasteiger partial charge in [0.2, 0.25) is 0 Å². The van der Waals surface area contributed by atoms with Crippen molar-refractivity contribution >= 4 is 0 Å². The number of benzene rings is 1. The lowest BCUT2D eigenvalue weighted by molar-refractivity contribution is 0.354. The summed E-state index contributed by atoms with van der Waals surface area (Å²) in [6.07, 6.45) is 2.10. The fourth-order valence-corrected chi connectivity index (χ4v) is 1.89. The molecule has 0 aliphatic carbocycles. The van der Waals surface area contributed by atoms with E-state index in [0.29, 0.717) is 0 Å². The van der Waals surface area contributed by atoms with Crippen molar-refractivity contribution < 1.29 is 9.47 Å². The van der Waals surface area contributed by atoms with E-state index in [1.807, 2.05) is 18.2 Å². The van der Waals surface area contributed by atoms with Crippen molar-refractivity contribution in [2.75, 3.05) is 20.8 Å². The third kappa shape index (κ3) is 5.94. The first kappa shape index (κ1) is 15.8. The zero-order valence-corrected chi connectivity index (χ0v) is 12.5. The van der Waals surface area contributed by atoms with Crippen LogP contribution in [0, 0.1) is 0 Å². The molecule has 0 unspecified atom stereocenters. The Kier molecular flexibility index (Phi) is 6.12. The second-order valence-electron chi connectivity index (χ2n) is 5.46. The average molecular weight is 266 g/mol. The number of ether oxygens (including phenoxy) is 2. The van der Waals surface area contributed by atoms with Crippen LogP contribution in [0.2, 0.25) is 0 Å². The van der Waals surface area contributed by atoms with Crippen LogP contribution in [-0.2, 0) is 6.54 Å². The van der Waals surface area contributed by atoms with Gasteiger partial charge >= 0.3 is 0 Å². The van der Waals surface area contributed by atoms with Crippen molar-refractivity contribution in [2.45, 2.75) is 38.8 Å². The monoisotopic (exact) mass is 266 g/mol. The highest BCUT2D eigenvalue weighted by Crippen LogP contribution is 2.27. The number of hydrogen-bond acceptors (Lipinski definition) is 4. The molecular formula is C15H26N2O2. The Bertz CT molecular complexity index is 386. The van der Waals surface area contributed by atoms with Crippen LogP contribution < -0.4 is 20.5 Å². The highest BCUT2D eigenvalue weighted by atomic mass is 16.5. The largest absolute Gasteiger partial charge is 0.493 e. The molecule has 0 atom stereocenters. The average Bonchev–Trinajstić information content (AvgIpc) is 2.36. The van der Waals surface area contributed by atoms with Crippen molar-refractivity contribution in [3.05, 3.63) is 23.8 Å². The van der Waals surface area contributed by atoms with E-state index in [1.54, 1.807) is 14.2 Å². The van der Waals surface area contributed by atoms with E-state index in [2.05, 4.69) is 19.2 Å². The number of nitrogens with one attached hydrogen (secondary N) is 1. The number of nitrogens with two attached hydrogens (primary N) is 1. The lowest BCUT2D eigenvalue weighted by Gasteiger charge is -2.18. The molecule has 0 bridgehead atoms. The fraction of sp³-hybridized carbons (Fsp3) is 0.600. The van der Waals surface area contributed by atoms with Crippen LogP contribution >= 0.6 is 0 Å². The van der Waals surface area contributed by atoms with Gasteiger partial charge in [-0.1, -0.05) is 6.07 Å². The van der Waals surface area contributed by atoms with Crippen LogP contribution in [0.1, 0.15) is 32.3 Å². The molecule has 19 heavy (non-hydrogen) atoms. The minimum absolute atomic E-state index is 0.0784. The molecule has 0 saturated carbocycles. The van der Waals surface area contributed by atoms with E-state index < -0.39 is 0 Å². The van der Waals surface area contributed by atoms with Gasteiger partial charge in [-0.3, -0.25) is 0 Å². The maximum Gasteiger partial charge on any atom is 0.161 e. The first-order valence-corrected chi connectivity index (χ1v) is 6.67. The Morgan fingerprint density at radius 3 is 2.42 bits per heavy atom. The van der Waals surface area contributed by atoms with Crippen molar-refractivity contribution in [1.82, 2.24) is 5.32 Å². The normalized spacial score (nSPS) is 11.4. The van der Waals surface area contributed by atoms with Gasteiger partial charge in [-0.25, -0.2) is 0 Å². The first-order chi connectivity index (χ1) is 8.96. The first-order valence-electron chi connectivity index (χ1n) is 6.67. The molecule has 4 heteroatoms. The van der Waals surface area contributed by atoms with Crippen LogP contribution in [0.5, 0.6) is 11.5 Å². The molecule has 0 amide bonds. The molecule has 0 spiro atoms. The van der Waals surface area contributed by atoms with E-state index in [9.17, 15) is 0 Å². The van der Waals surface area contributed by atoms with E-state index in [0.717, 1.165) is 37.4 Å². The van der Waals surface area contributed by atoms with Crippen molar-refractivity contribution in [3.8, 4) is 11.5 Å². The molecule has 0 fully saturated rings. The summed E-state index contributed by atoms with van der Waals surface area (Å²) in [7, 11) is 3.29. The Morgan fingerprint density at radius 1 is 1.16 bits per heavy atom. The molecule has 1 rings (SSSR count). The number of hydrogen-bond donors (Lipinski definition) is 2. The number of methoxy groups -OCH3 is 2. The molecule has 108 valence electrons. The summed E-state index contributed by atoms with van der Waals surface area (Å²) in [6.45, 7) is 5.91. The summed E-state index contributed by atoms with van der Waals surface area (Å²) in [5.74, 6) is 1.53. The highest BCUT2D eigenvalue weighted by molar-refractivity contribution is 5.42. The molecular weight excluding hydrogens is 240 g/mol. The van der Waals surface area contributed by atoms with Gasteiger partial charge in [0.15, 0.2) is 11.5 Å². The van der Waals surface area contributed by atoms with E-state index in [4.69, 9.17) is 15.2 Å². The minimum Gasteiger partial charge on any atom is -0.493 e. The molecule has 1 aromatic carbocycles. The van der Waals surface area contributed by atoms with Crippen LogP contribution in [0.15, 0.2) is 18.2 Å². The van der Waals surface area contributed by atoms with E-state index >= 15 is 0 Å². The van der Waals surface area contributed by atoms with Gasteiger partial charge in [0.1, 0.15) is 0 Å². The lowest BCUT2D eigenvalue weighted by Crippen LogP contribution is -2.32. The summed E-state index contributed by atoms with van der Waals surface area (Å²) >= 11 is 0.